The van der Waals surface area contributed by atoms with Gasteiger partial charge < -0.3 is 4.74 Å². The number of nitrogens with zero attached hydrogens (tertiary/aromatic N) is 1. The second-order valence-electron chi connectivity index (χ2n) is 2.40. The summed E-state index contributed by atoms with van der Waals surface area (Å²) in [5.41, 5.74) is -0.209. The second-order valence-corrected chi connectivity index (χ2v) is 3.18. The van der Waals surface area contributed by atoms with Gasteiger partial charge in [0.1, 0.15) is 0 Å². The first-order chi connectivity index (χ1) is 6.57. The maximum absolute atomic E-state index is 10.5. The monoisotopic (exact) mass is 235 g/mol. The lowest BCUT2D eigenvalue weighted by molar-refractivity contribution is -0.384. The smallest absolute Gasteiger partial charge is 0.291 e. The molecule has 0 aliphatic rings. The van der Waals surface area contributed by atoms with Gasteiger partial charge in [0.25, 0.3) is 5.69 Å². The fraction of sp³-hybridized carbons (Fsp3) is 0.250. The maximum atomic E-state index is 10.5. The fourth-order valence-corrected chi connectivity index (χ4v) is 1.49. The van der Waals surface area contributed by atoms with Gasteiger partial charge in [0.05, 0.1) is 16.6 Å². The van der Waals surface area contributed by atoms with Crippen molar-refractivity contribution >= 4 is 28.9 Å². The summed E-state index contributed by atoms with van der Waals surface area (Å²) in [5, 5.41) is 10.7. The summed E-state index contributed by atoms with van der Waals surface area (Å²) in [6.45, 7) is 2.09. The molecular formula is C8H7Cl2NO3. The molecule has 0 aliphatic carbocycles. The number of hydrogen-bond donors (Lipinski definition) is 0. The first kappa shape index (κ1) is 11.1. The van der Waals surface area contributed by atoms with E-state index in [4.69, 9.17) is 27.9 Å². The first-order valence-corrected chi connectivity index (χ1v) is 4.58. The molecule has 0 aliphatic heterocycles. The normalized spacial score (nSPS) is 9.93. The molecule has 6 heteroatoms. The Hall–Kier alpha value is -1.00. The van der Waals surface area contributed by atoms with Crippen molar-refractivity contribution in [2.45, 2.75) is 6.92 Å². The van der Waals surface area contributed by atoms with Gasteiger partial charge in [-0.15, -0.1) is 0 Å². The van der Waals surface area contributed by atoms with Crippen LogP contribution in [0.1, 0.15) is 6.92 Å². The molecule has 0 heterocycles. The van der Waals surface area contributed by atoms with Gasteiger partial charge >= 0.3 is 0 Å². The summed E-state index contributed by atoms with van der Waals surface area (Å²) < 4.78 is 5.09. The van der Waals surface area contributed by atoms with Crippen LogP contribution in [-0.2, 0) is 0 Å². The third-order valence-electron chi connectivity index (χ3n) is 1.51. The van der Waals surface area contributed by atoms with Crippen LogP contribution in [0.3, 0.4) is 0 Å². The molecule has 0 saturated carbocycles. The van der Waals surface area contributed by atoms with Gasteiger partial charge in [0.15, 0.2) is 10.8 Å². The van der Waals surface area contributed by atoms with E-state index in [0.29, 0.717) is 6.61 Å². The topological polar surface area (TPSA) is 52.4 Å². The van der Waals surface area contributed by atoms with Crippen molar-refractivity contribution < 1.29 is 9.66 Å². The van der Waals surface area contributed by atoms with Crippen LogP contribution in [0.25, 0.3) is 0 Å². The predicted octanol–water partition coefficient (Wildman–Crippen LogP) is 3.30. The number of halogens is 2. The van der Waals surface area contributed by atoms with Crippen molar-refractivity contribution in [2.24, 2.45) is 0 Å². The minimum absolute atomic E-state index is 0.0654. The Morgan fingerprint density at radius 1 is 1.50 bits per heavy atom. The largest absolute Gasteiger partial charge is 0.490 e. The highest BCUT2D eigenvalue weighted by Gasteiger charge is 2.19. The van der Waals surface area contributed by atoms with E-state index in [0.717, 1.165) is 0 Å². The van der Waals surface area contributed by atoms with Crippen LogP contribution in [0.4, 0.5) is 5.69 Å². The number of nitro groups is 1. The second kappa shape index (κ2) is 4.48. The number of rotatable bonds is 3. The highest BCUT2D eigenvalue weighted by atomic mass is 35.5. The third kappa shape index (κ3) is 2.08. The maximum Gasteiger partial charge on any atom is 0.291 e. The van der Waals surface area contributed by atoms with Crippen molar-refractivity contribution in [2.75, 3.05) is 6.61 Å². The molecule has 0 unspecified atom stereocenters. The van der Waals surface area contributed by atoms with Crippen LogP contribution >= 0.6 is 23.2 Å². The van der Waals surface area contributed by atoms with Crippen LogP contribution in [0.5, 0.6) is 5.75 Å². The van der Waals surface area contributed by atoms with Gasteiger partial charge in [0, 0.05) is 6.07 Å². The minimum Gasteiger partial charge on any atom is -0.490 e. The standard InChI is InChI=1S/C8H7Cl2NO3/c1-2-14-8-5(9)3-4-6(7(8)10)11(12)13/h3-4H,2H2,1H3. The zero-order valence-corrected chi connectivity index (χ0v) is 8.80. The number of hydrogen-bond acceptors (Lipinski definition) is 3. The van der Waals surface area contributed by atoms with Crippen LogP contribution in [0.2, 0.25) is 10.0 Å². The van der Waals surface area contributed by atoms with Gasteiger partial charge in [-0.2, -0.15) is 0 Å². The summed E-state index contributed by atoms with van der Waals surface area (Å²) in [5.74, 6) is 0.157. The van der Waals surface area contributed by atoms with E-state index in [2.05, 4.69) is 0 Å². The fourth-order valence-electron chi connectivity index (χ4n) is 0.940. The van der Waals surface area contributed by atoms with Crippen molar-refractivity contribution in [3.63, 3.8) is 0 Å². The molecule has 0 atom stereocenters. The highest BCUT2D eigenvalue weighted by Crippen LogP contribution is 2.39. The number of nitro benzene ring substituents is 1. The van der Waals surface area contributed by atoms with Crippen LogP contribution in [-0.4, -0.2) is 11.5 Å². The molecule has 0 spiro atoms. The molecule has 0 N–H and O–H groups in total. The summed E-state index contributed by atoms with van der Waals surface area (Å²) >= 11 is 11.5. The third-order valence-corrected chi connectivity index (χ3v) is 2.18. The van der Waals surface area contributed by atoms with Crippen molar-refractivity contribution in [1.29, 1.82) is 0 Å². The molecule has 0 bridgehead atoms. The Balaban J connectivity index is 3.26. The lowest BCUT2D eigenvalue weighted by atomic mass is 10.3. The van der Waals surface area contributed by atoms with Crippen LogP contribution in [0, 0.1) is 10.1 Å². The zero-order chi connectivity index (χ0) is 10.7. The molecule has 1 rings (SSSR count). The Kier molecular flexibility index (Phi) is 3.55. The van der Waals surface area contributed by atoms with Crippen molar-refractivity contribution in [3.8, 4) is 5.75 Å². The Morgan fingerprint density at radius 2 is 2.14 bits per heavy atom. The van der Waals surface area contributed by atoms with Gasteiger partial charge in [-0.25, -0.2) is 0 Å². The number of ether oxygens (including phenoxy) is 1. The molecule has 0 aromatic heterocycles. The van der Waals surface area contributed by atoms with Gasteiger partial charge in [-0.3, -0.25) is 10.1 Å². The van der Waals surface area contributed by atoms with Crippen LogP contribution in [0.15, 0.2) is 12.1 Å². The molecule has 0 fully saturated rings. The molecule has 0 radical (unpaired) electrons. The minimum atomic E-state index is -0.582. The van der Waals surface area contributed by atoms with E-state index in [1.54, 1.807) is 6.92 Å². The van der Waals surface area contributed by atoms with Gasteiger partial charge in [0.2, 0.25) is 0 Å². The average molecular weight is 236 g/mol. The molecule has 1 aromatic carbocycles. The first-order valence-electron chi connectivity index (χ1n) is 3.83. The molecule has 0 saturated heterocycles. The Bertz CT molecular complexity index is 368. The van der Waals surface area contributed by atoms with E-state index in [1.807, 2.05) is 0 Å². The summed E-state index contributed by atoms with van der Waals surface area (Å²) in [4.78, 5) is 9.93. The Morgan fingerprint density at radius 3 is 2.64 bits per heavy atom. The van der Waals surface area contributed by atoms with E-state index >= 15 is 0 Å². The predicted molar refractivity (Wildman–Crippen MR) is 54.3 cm³/mol. The zero-order valence-electron chi connectivity index (χ0n) is 7.29. The quantitative estimate of drug-likeness (QED) is 0.597. The van der Waals surface area contributed by atoms with E-state index in [-0.39, 0.29) is 21.5 Å². The summed E-state index contributed by atoms with van der Waals surface area (Å²) in [6, 6.07) is 2.63. The van der Waals surface area contributed by atoms with Gasteiger partial charge in [-0.05, 0) is 13.0 Å². The van der Waals surface area contributed by atoms with Crippen molar-refractivity contribution in [1.82, 2.24) is 0 Å². The molecule has 4 nitrogen and oxygen atoms in total. The SMILES string of the molecule is CCOc1c(Cl)ccc([N+](=O)[O-])c1Cl. The molecule has 0 amide bonds. The highest BCUT2D eigenvalue weighted by molar-refractivity contribution is 6.38. The lowest BCUT2D eigenvalue weighted by Crippen LogP contribution is -1.96. The number of benzene rings is 1. The van der Waals surface area contributed by atoms with Crippen molar-refractivity contribution in [3.05, 3.63) is 32.3 Å². The van der Waals surface area contributed by atoms with E-state index in [1.165, 1.54) is 12.1 Å². The molecule has 1 aromatic rings. The Labute approximate surface area is 90.5 Å². The average Bonchev–Trinajstić information content (AvgIpc) is 2.11. The van der Waals surface area contributed by atoms with E-state index in [9.17, 15) is 10.1 Å². The van der Waals surface area contributed by atoms with Gasteiger partial charge in [-0.1, -0.05) is 23.2 Å². The lowest BCUT2D eigenvalue weighted by Gasteiger charge is -2.07. The summed E-state index contributed by atoms with van der Waals surface area (Å²) in [6.07, 6.45) is 0. The summed E-state index contributed by atoms with van der Waals surface area (Å²) in [7, 11) is 0. The molecule has 76 valence electrons. The van der Waals surface area contributed by atoms with Crippen LogP contribution < -0.4 is 4.74 Å². The van der Waals surface area contributed by atoms with E-state index < -0.39 is 4.92 Å². The molecule has 14 heavy (non-hydrogen) atoms. The molecular weight excluding hydrogens is 229 g/mol.